The number of anilines is 1. The van der Waals surface area contributed by atoms with Crippen molar-refractivity contribution in [1.29, 1.82) is 0 Å². The Morgan fingerprint density at radius 1 is 1.05 bits per heavy atom. The Labute approximate surface area is 149 Å². The molecule has 9 heteroatoms. The van der Waals surface area contributed by atoms with Crippen molar-refractivity contribution in [3.63, 3.8) is 0 Å². The summed E-state index contributed by atoms with van der Waals surface area (Å²) in [6, 6.07) is 4.96. The number of amides is 1. The number of benzene rings is 1. The molecular formula is C11H4Br3Cl2N3O. The first-order chi connectivity index (χ1) is 9.38. The number of aromatic nitrogens is 2. The SMILES string of the molecule is O=C(Nc1c(Br)cc(Br)cc1Br)c1cc(Cl)nnc1Cl. The van der Waals surface area contributed by atoms with Gasteiger partial charge in [0.1, 0.15) is 0 Å². The van der Waals surface area contributed by atoms with Crippen molar-refractivity contribution in [1.82, 2.24) is 10.2 Å². The third kappa shape index (κ3) is 3.71. The van der Waals surface area contributed by atoms with Gasteiger partial charge >= 0.3 is 0 Å². The van der Waals surface area contributed by atoms with Crippen LogP contribution in [0.5, 0.6) is 0 Å². The lowest BCUT2D eigenvalue weighted by molar-refractivity contribution is 0.102. The zero-order valence-electron chi connectivity index (χ0n) is 9.42. The van der Waals surface area contributed by atoms with Gasteiger partial charge in [-0.1, -0.05) is 39.1 Å². The van der Waals surface area contributed by atoms with E-state index in [-0.39, 0.29) is 15.9 Å². The lowest BCUT2D eigenvalue weighted by Gasteiger charge is -2.10. The Kier molecular flexibility index (Phi) is 5.42. The second kappa shape index (κ2) is 6.70. The maximum Gasteiger partial charge on any atom is 0.259 e. The molecule has 2 rings (SSSR count). The van der Waals surface area contributed by atoms with Crippen molar-refractivity contribution in [2.24, 2.45) is 0 Å². The van der Waals surface area contributed by atoms with E-state index in [0.29, 0.717) is 14.6 Å². The summed E-state index contributed by atoms with van der Waals surface area (Å²) < 4.78 is 2.27. The predicted octanol–water partition coefficient (Wildman–Crippen LogP) is 5.32. The number of hydrogen-bond donors (Lipinski definition) is 1. The van der Waals surface area contributed by atoms with Gasteiger partial charge in [-0.25, -0.2) is 0 Å². The van der Waals surface area contributed by atoms with E-state index in [2.05, 4.69) is 63.3 Å². The van der Waals surface area contributed by atoms with Crippen molar-refractivity contribution >= 4 is 82.6 Å². The van der Waals surface area contributed by atoms with Crippen LogP contribution in [0.2, 0.25) is 10.3 Å². The van der Waals surface area contributed by atoms with E-state index in [1.54, 1.807) is 12.1 Å². The highest BCUT2D eigenvalue weighted by Crippen LogP contribution is 2.34. The summed E-state index contributed by atoms with van der Waals surface area (Å²) in [6.07, 6.45) is 0. The van der Waals surface area contributed by atoms with E-state index in [1.807, 2.05) is 0 Å². The van der Waals surface area contributed by atoms with Crippen LogP contribution in [0.3, 0.4) is 0 Å². The van der Waals surface area contributed by atoms with Gasteiger partial charge in [0.15, 0.2) is 10.3 Å². The van der Waals surface area contributed by atoms with Crippen LogP contribution in [0.4, 0.5) is 5.69 Å². The number of halogens is 5. The number of hydrogen-bond acceptors (Lipinski definition) is 3. The Balaban J connectivity index is 2.35. The first kappa shape index (κ1) is 16.2. The van der Waals surface area contributed by atoms with Crippen LogP contribution in [-0.2, 0) is 0 Å². The monoisotopic (exact) mass is 501 g/mol. The van der Waals surface area contributed by atoms with Crippen LogP contribution in [0.1, 0.15) is 10.4 Å². The molecule has 2 aromatic rings. The van der Waals surface area contributed by atoms with Crippen LogP contribution in [0, 0.1) is 0 Å². The molecule has 0 saturated carbocycles. The summed E-state index contributed by atoms with van der Waals surface area (Å²) in [7, 11) is 0. The van der Waals surface area contributed by atoms with Crippen molar-refractivity contribution in [3.05, 3.63) is 47.5 Å². The minimum Gasteiger partial charge on any atom is -0.320 e. The average Bonchev–Trinajstić information content (AvgIpc) is 2.36. The maximum atomic E-state index is 12.2. The van der Waals surface area contributed by atoms with E-state index in [0.717, 1.165) is 4.47 Å². The van der Waals surface area contributed by atoms with Crippen LogP contribution in [0.15, 0.2) is 31.6 Å². The lowest BCUT2D eigenvalue weighted by Crippen LogP contribution is -2.14. The van der Waals surface area contributed by atoms with Crippen molar-refractivity contribution in [2.45, 2.75) is 0 Å². The minimum atomic E-state index is -0.435. The molecule has 1 heterocycles. The van der Waals surface area contributed by atoms with E-state index >= 15 is 0 Å². The summed E-state index contributed by atoms with van der Waals surface area (Å²) in [5.74, 6) is -0.435. The van der Waals surface area contributed by atoms with Crippen molar-refractivity contribution in [3.8, 4) is 0 Å². The molecule has 0 aliphatic rings. The van der Waals surface area contributed by atoms with Crippen LogP contribution >= 0.6 is 71.0 Å². The highest BCUT2D eigenvalue weighted by molar-refractivity contribution is 9.11. The zero-order chi connectivity index (χ0) is 14.9. The Hall–Kier alpha value is -0.210. The van der Waals surface area contributed by atoms with Gasteiger partial charge < -0.3 is 5.32 Å². The summed E-state index contributed by atoms with van der Waals surface area (Å²) in [4.78, 5) is 12.2. The number of rotatable bonds is 2. The Morgan fingerprint density at radius 3 is 2.25 bits per heavy atom. The summed E-state index contributed by atoms with van der Waals surface area (Å²) in [5.41, 5.74) is 0.718. The molecule has 0 saturated heterocycles. The topological polar surface area (TPSA) is 54.9 Å². The molecule has 4 nitrogen and oxygen atoms in total. The minimum absolute atomic E-state index is 0.0174. The molecule has 0 atom stereocenters. The van der Waals surface area contributed by atoms with Gasteiger partial charge in [0, 0.05) is 13.4 Å². The summed E-state index contributed by atoms with van der Waals surface area (Å²) in [5, 5.41) is 9.95. The van der Waals surface area contributed by atoms with Crippen LogP contribution in [0.25, 0.3) is 0 Å². The number of carbonyl (C=O) groups excluding carboxylic acids is 1. The number of nitrogens with zero attached hydrogens (tertiary/aromatic N) is 2. The second-order valence-electron chi connectivity index (χ2n) is 3.57. The van der Waals surface area contributed by atoms with Gasteiger partial charge in [0.2, 0.25) is 0 Å². The largest absolute Gasteiger partial charge is 0.320 e. The van der Waals surface area contributed by atoms with Crippen molar-refractivity contribution < 1.29 is 4.79 Å². The lowest BCUT2D eigenvalue weighted by atomic mass is 10.2. The van der Waals surface area contributed by atoms with E-state index in [4.69, 9.17) is 23.2 Å². The summed E-state index contributed by atoms with van der Waals surface area (Å²) >= 11 is 21.6. The van der Waals surface area contributed by atoms with Gasteiger partial charge in [-0.15, -0.1) is 10.2 Å². The molecule has 1 N–H and O–H groups in total. The van der Waals surface area contributed by atoms with Gasteiger partial charge in [0.25, 0.3) is 5.91 Å². The normalized spacial score (nSPS) is 10.4. The fourth-order valence-electron chi connectivity index (χ4n) is 1.35. The van der Waals surface area contributed by atoms with Gasteiger partial charge in [-0.2, -0.15) is 0 Å². The van der Waals surface area contributed by atoms with Gasteiger partial charge in [-0.05, 0) is 50.1 Å². The quantitative estimate of drug-likeness (QED) is 0.602. The Morgan fingerprint density at radius 2 is 1.65 bits per heavy atom. The molecule has 1 aromatic carbocycles. The first-order valence-corrected chi connectivity index (χ1v) is 8.16. The smallest absolute Gasteiger partial charge is 0.259 e. The Bertz CT molecular complexity index is 674. The highest BCUT2D eigenvalue weighted by atomic mass is 79.9. The maximum absolute atomic E-state index is 12.2. The fourth-order valence-corrected chi connectivity index (χ4v) is 4.14. The molecular weight excluding hydrogens is 501 g/mol. The summed E-state index contributed by atoms with van der Waals surface area (Å²) in [6.45, 7) is 0. The van der Waals surface area contributed by atoms with Gasteiger partial charge in [0.05, 0.1) is 11.3 Å². The third-order valence-corrected chi connectivity index (χ3v) is 4.38. The molecule has 104 valence electrons. The zero-order valence-corrected chi connectivity index (χ0v) is 15.7. The number of nitrogens with one attached hydrogen (secondary N) is 1. The highest BCUT2D eigenvalue weighted by Gasteiger charge is 2.16. The van der Waals surface area contributed by atoms with Crippen molar-refractivity contribution in [2.75, 3.05) is 5.32 Å². The molecule has 0 bridgehead atoms. The fraction of sp³-hybridized carbons (Fsp3) is 0. The molecule has 0 spiro atoms. The first-order valence-electron chi connectivity index (χ1n) is 5.03. The number of carbonyl (C=O) groups is 1. The standard InChI is InChI=1S/C11H4Br3Cl2N3O/c12-4-1-6(13)9(7(14)2-4)17-11(20)5-3-8(15)18-19-10(5)16/h1-3H,(H,17,20). The molecule has 0 unspecified atom stereocenters. The van der Waals surface area contributed by atoms with Crippen LogP contribution < -0.4 is 5.32 Å². The molecule has 1 aromatic heterocycles. The third-order valence-electron chi connectivity index (χ3n) is 2.21. The average molecular weight is 505 g/mol. The van der Waals surface area contributed by atoms with Gasteiger partial charge in [-0.3, -0.25) is 4.79 Å². The van der Waals surface area contributed by atoms with E-state index < -0.39 is 5.91 Å². The molecule has 0 fully saturated rings. The van der Waals surface area contributed by atoms with E-state index in [1.165, 1.54) is 6.07 Å². The second-order valence-corrected chi connectivity index (χ2v) is 6.94. The predicted molar refractivity (Wildman–Crippen MR) is 89.5 cm³/mol. The molecule has 0 aliphatic heterocycles. The molecule has 20 heavy (non-hydrogen) atoms. The van der Waals surface area contributed by atoms with E-state index in [9.17, 15) is 4.79 Å². The molecule has 0 radical (unpaired) electrons. The van der Waals surface area contributed by atoms with Crippen LogP contribution in [-0.4, -0.2) is 16.1 Å². The molecule has 0 aliphatic carbocycles. The molecule has 1 amide bonds.